The van der Waals surface area contributed by atoms with Crippen LogP contribution in [0.25, 0.3) is 0 Å². The predicted octanol–water partition coefficient (Wildman–Crippen LogP) is 2.13. The summed E-state index contributed by atoms with van der Waals surface area (Å²) < 4.78 is 35.9. The van der Waals surface area contributed by atoms with Crippen LogP contribution in [-0.4, -0.2) is 31.2 Å². The zero-order valence-corrected chi connectivity index (χ0v) is 14.1. The van der Waals surface area contributed by atoms with Crippen molar-refractivity contribution in [2.75, 3.05) is 6.79 Å². The molecule has 0 radical (unpaired) electrons. The van der Waals surface area contributed by atoms with Crippen LogP contribution in [0.5, 0.6) is 5.75 Å². The van der Waals surface area contributed by atoms with Crippen LogP contribution in [0.4, 0.5) is 5.69 Å². The smallest absolute Gasteiger partial charge is 0.337 e. The number of sulfone groups is 1. The topological polar surface area (TPSA) is 133 Å². The fourth-order valence-corrected chi connectivity index (χ4v) is 4.25. The maximum atomic E-state index is 12.8. The second-order valence-corrected chi connectivity index (χ2v) is 7.48. The number of hydrogen-bond acceptors (Lipinski definition) is 7. The number of hydrogen-bond donors (Lipinski definition) is 1. The van der Waals surface area contributed by atoms with Crippen molar-refractivity contribution in [3.63, 3.8) is 0 Å². The Balaban J connectivity index is 2.10. The van der Waals surface area contributed by atoms with Gasteiger partial charge in [-0.1, -0.05) is 12.1 Å². The summed E-state index contributed by atoms with van der Waals surface area (Å²) in [7, 11) is -4.09. The fraction of sp³-hybridized carbons (Fsp3) is 0.188. The molecule has 0 saturated carbocycles. The average molecular weight is 379 g/mol. The van der Waals surface area contributed by atoms with E-state index < -0.39 is 26.5 Å². The molecule has 0 fully saturated rings. The highest BCUT2D eigenvalue weighted by atomic mass is 32.2. The van der Waals surface area contributed by atoms with Gasteiger partial charge >= 0.3 is 5.97 Å². The van der Waals surface area contributed by atoms with Crippen LogP contribution in [0.2, 0.25) is 0 Å². The molecule has 0 amide bonds. The third kappa shape index (κ3) is 3.37. The molecule has 2 aromatic carbocycles. The van der Waals surface area contributed by atoms with E-state index in [4.69, 9.17) is 9.47 Å². The Hall–Kier alpha value is -2.98. The van der Waals surface area contributed by atoms with Gasteiger partial charge in [0.1, 0.15) is 5.75 Å². The first kappa shape index (κ1) is 17.8. The van der Waals surface area contributed by atoms with Crippen LogP contribution in [0.15, 0.2) is 41.3 Å². The van der Waals surface area contributed by atoms with Gasteiger partial charge in [-0.3, -0.25) is 10.1 Å². The molecule has 26 heavy (non-hydrogen) atoms. The monoisotopic (exact) mass is 379 g/mol. The minimum absolute atomic E-state index is 0.0514. The van der Waals surface area contributed by atoms with Crippen molar-refractivity contribution in [3.8, 4) is 5.75 Å². The predicted molar refractivity (Wildman–Crippen MR) is 87.7 cm³/mol. The van der Waals surface area contributed by atoms with E-state index in [1.54, 1.807) is 0 Å². The lowest BCUT2D eigenvalue weighted by atomic mass is 10.1. The van der Waals surface area contributed by atoms with Gasteiger partial charge in [0.15, 0.2) is 16.6 Å². The number of nitrogens with zero attached hydrogens (tertiary/aromatic N) is 1. The molecule has 0 saturated heterocycles. The highest BCUT2D eigenvalue weighted by Gasteiger charge is 2.27. The number of benzene rings is 2. The van der Waals surface area contributed by atoms with E-state index in [-0.39, 0.29) is 40.9 Å². The van der Waals surface area contributed by atoms with Gasteiger partial charge < -0.3 is 14.6 Å². The van der Waals surface area contributed by atoms with Crippen LogP contribution in [-0.2, 0) is 26.9 Å². The van der Waals surface area contributed by atoms with E-state index in [1.165, 1.54) is 30.3 Å². The molecule has 0 atom stereocenters. The normalized spacial score (nSPS) is 13.5. The van der Waals surface area contributed by atoms with Gasteiger partial charge in [0, 0.05) is 23.3 Å². The minimum atomic E-state index is -4.09. The summed E-state index contributed by atoms with van der Waals surface area (Å²) in [4.78, 5) is 21.4. The van der Waals surface area contributed by atoms with Gasteiger partial charge in [-0.05, 0) is 12.1 Å². The molecular formula is C16H13NO8S. The fourth-order valence-electron chi connectivity index (χ4n) is 2.69. The molecule has 0 spiro atoms. The summed E-state index contributed by atoms with van der Waals surface area (Å²) in [5.41, 5.74) is -0.217. The van der Waals surface area contributed by atoms with E-state index in [1.807, 2.05) is 0 Å². The van der Waals surface area contributed by atoms with Crippen LogP contribution >= 0.6 is 0 Å². The largest absolute Gasteiger partial charge is 0.478 e. The number of rotatable bonds is 5. The van der Waals surface area contributed by atoms with Crippen molar-refractivity contribution >= 4 is 21.5 Å². The summed E-state index contributed by atoms with van der Waals surface area (Å²) in [6.45, 7) is -0.0562. The van der Waals surface area contributed by atoms with Crippen LogP contribution in [0.3, 0.4) is 0 Å². The van der Waals surface area contributed by atoms with Gasteiger partial charge in [0.2, 0.25) is 0 Å². The molecule has 0 aromatic heterocycles. The lowest BCUT2D eigenvalue weighted by Gasteiger charge is -2.20. The molecule has 0 aliphatic carbocycles. The Morgan fingerprint density at radius 2 is 2.00 bits per heavy atom. The van der Waals surface area contributed by atoms with Crippen LogP contribution in [0.1, 0.15) is 21.5 Å². The number of non-ortho nitro benzene ring substituents is 1. The van der Waals surface area contributed by atoms with E-state index in [2.05, 4.69) is 0 Å². The third-order valence-corrected chi connectivity index (χ3v) is 5.50. The Bertz CT molecular complexity index is 999. The van der Waals surface area contributed by atoms with Crippen molar-refractivity contribution in [1.29, 1.82) is 0 Å². The zero-order chi connectivity index (χ0) is 18.9. The SMILES string of the molecule is O=C(O)c1ccccc1S(=O)(=O)Cc1cc([N+](=O)[O-])cc2c1OCOC2. The van der Waals surface area contributed by atoms with E-state index >= 15 is 0 Å². The first-order chi connectivity index (χ1) is 12.3. The summed E-state index contributed by atoms with van der Waals surface area (Å²) >= 11 is 0. The number of nitro groups is 1. The van der Waals surface area contributed by atoms with Gasteiger partial charge in [-0.15, -0.1) is 0 Å². The maximum absolute atomic E-state index is 12.8. The van der Waals surface area contributed by atoms with E-state index in [0.29, 0.717) is 5.56 Å². The quantitative estimate of drug-likeness (QED) is 0.617. The Labute approximate surface area is 147 Å². The van der Waals surface area contributed by atoms with Crippen molar-refractivity contribution < 1.29 is 32.7 Å². The van der Waals surface area contributed by atoms with E-state index in [9.17, 15) is 28.4 Å². The zero-order valence-electron chi connectivity index (χ0n) is 13.2. The Kier molecular flexibility index (Phi) is 4.62. The molecule has 1 N–H and O–H groups in total. The number of carboxylic acids is 1. The van der Waals surface area contributed by atoms with Gasteiger partial charge in [-0.25, -0.2) is 13.2 Å². The molecule has 9 nitrogen and oxygen atoms in total. The number of carboxylic acid groups (broad SMARTS) is 1. The molecule has 1 aliphatic heterocycles. The maximum Gasteiger partial charge on any atom is 0.337 e. The Morgan fingerprint density at radius 3 is 2.69 bits per heavy atom. The van der Waals surface area contributed by atoms with Crippen molar-refractivity contribution in [2.45, 2.75) is 17.3 Å². The first-order valence-electron chi connectivity index (χ1n) is 7.35. The standard InChI is InChI=1S/C16H13NO8S/c18-16(19)13-3-1-2-4-14(13)26(22,23)8-11-6-12(17(20)21)5-10-7-24-9-25-15(10)11/h1-6H,7-9H2,(H,18,19). The molecular weight excluding hydrogens is 366 g/mol. The second-order valence-electron chi connectivity index (χ2n) is 5.52. The average Bonchev–Trinajstić information content (AvgIpc) is 2.61. The lowest BCUT2D eigenvalue weighted by molar-refractivity contribution is -0.385. The highest BCUT2D eigenvalue weighted by Crippen LogP contribution is 2.35. The lowest BCUT2D eigenvalue weighted by Crippen LogP contribution is -2.16. The molecule has 136 valence electrons. The molecule has 3 rings (SSSR count). The first-order valence-corrected chi connectivity index (χ1v) is 9.00. The number of aromatic carboxylic acids is 1. The van der Waals surface area contributed by atoms with Crippen molar-refractivity contribution in [3.05, 3.63) is 63.2 Å². The Morgan fingerprint density at radius 1 is 1.27 bits per heavy atom. The van der Waals surface area contributed by atoms with Crippen LogP contribution < -0.4 is 4.74 Å². The van der Waals surface area contributed by atoms with Crippen molar-refractivity contribution in [1.82, 2.24) is 0 Å². The number of nitro benzene ring substituents is 1. The highest BCUT2D eigenvalue weighted by molar-refractivity contribution is 7.90. The summed E-state index contributed by atoms with van der Waals surface area (Å²) in [6, 6.07) is 7.57. The summed E-state index contributed by atoms with van der Waals surface area (Å²) in [5.74, 6) is -1.81. The molecule has 1 aliphatic rings. The van der Waals surface area contributed by atoms with Gasteiger partial charge in [0.25, 0.3) is 5.69 Å². The second kappa shape index (κ2) is 6.73. The molecule has 2 aromatic rings. The minimum Gasteiger partial charge on any atom is -0.478 e. The van der Waals surface area contributed by atoms with Gasteiger partial charge in [-0.2, -0.15) is 0 Å². The third-order valence-electron chi connectivity index (χ3n) is 3.78. The number of fused-ring (bicyclic) bond motifs is 1. The number of carbonyl (C=O) groups is 1. The van der Waals surface area contributed by atoms with Gasteiger partial charge in [0.05, 0.1) is 27.7 Å². The van der Waals surface area contributed by atoms with E-state index in [0.717, 1.165) is 6.07 Å². The molecule has 0 unspecified atom stereocenters. The summed E-state index contributed by atoms with van der Waals surface area (Å²) in [6.07, 6.45) is 0. The van der Waals surface area contributed by atoms with Crippen LogP contribution in [0, 0.1) is 10.1 Å². The molecule has 1 heterocycles. The summed E-state index contributed by atoms with van der Waals surface area (Å²) in [5, 5.41) is 20.3. The number of ether oxygens (including phenoxy) is 2. The molecule has 0 bridgehead atoms. The molecule has 10 heteroatoms. The van der Waals surface area contributed by atoms with Crippen molar-refractivity contribution in [2.24, 2.45) is 0 Å².